The second-order valence-corrected chi connectivity index (χ2v) is 8.02. The standard InChI is InChI=1S/C23H32N4O5/c24-21(29)23(30)32-20-18-10-4-5-11-19(18)27(22(20)31-16-28)15-7-6-12-25-13-14-26-17-8-2-1-3-9-17/h4-5,10-11,16-17,25-26H,1-3,6-9,12-15H2,(H2,24,29). The quantitative estimate of drug-likeness (QED) is 0.197. The molecule has 1 saturated carbocycles. The zero-order valence-electron chi connectivity index (χ0n) is 18.3. The lowest BCUT2D eigenvalue weighted by molar-refractivity contribution is -0.146. The van der Waals surface area contributed by atoms with Gasteiger partial charge in [0, 0.05) is 31.1 Å². The Balaban J connectivity index is 1.53. The van der Waals surface area contributed by atoms with E-state index in [0.717, 1.165) is 38.0 Å². The molecule has 4 N–H and O–H groups in total. The zero-order chi connectivity index (χ0) is 22.8. The molecule has 0 radical (unpaired) electrons. The number of esters is 1. The third-order valence-corrected chi connectivity index (χ3v) is 5.76. The Hall–Kier alpha value is -2.91. The van der Waals surface area contributed by atoms with Gasteiger partial charge in [-0.3, -0.25) is 9.59 Å². The van der Waals surface area contributed by atoms with Crippen LogP contribution in [0.1, 0.15) is 44.9 Å². The second-order valence-electron chi connectivity index (χ2n) is 8.02. The number of para-hydroxylation sites is 1. The van der Waals surface area contributed by atoms with Crippen molar-refractivity contribution in [2.24, 2.45) is 5.73 Å². The first kappa shape index (κ1) is 23.7. The highest BCUT2D eigenvalue weighted by atomic mass is 16.6. The molecule has 0 spiro atoms. The van der Waals surface area contributed by atoms with Gasteiger partial charge >= 0.3 is 11.9 Å². The van der Waals surface area contributed by atoms with E-state index in [1.807, 2.05) is 12.1 Å². The van der Waals surface area contributed by atoms with Crippen LogP contribution in [0.25, 0.3) is 10.9 Å². The first-order valence-corrected chi connectivity index (χ1v) is 11.3. The molecule has 32 heavy (non-hydrogen) atoms. The molecule has 1 amide bonds. The van der Waals surface area contributed by atoms with Gasteiger partial charge in [-0.2, -0.15) is 0 Å². The molecule has 1 aliphatic carbocycles. The summed E-state index contributed by atoms with van der Waals surface area (Å²) in [6.45, 7) is 3.60. The van der Waals surface area contributed by atoms with E-state index in [1.165, 1.54) is 32.1 Å². The summed E-state index contributed by atoms with van der Waals surface area (Å²) < 4.78 is 12.0. The monoisotopic (exact) mass is 444 g/mol. The molecule has 174 valence electrons. The van der Waals surface area contributed by atoms with Crippen molar-refractivity contribution in [3.63, 3.8) is 0 Å². The number of carbonyl (C=O) groups is 3. The lowest BCUT2D eigenvalue weighted by Gasteiger charge is -2.22. The van der Waals surface area contributed by atoms with Crippen molar-refractivity contribution in [3.05, 3.63) is 24.3 Å². The number of aromatic nitrogens is 1. The van der Waals surface area contributed by atoms with E-state index in [4.69, 9.17) is 15.2 Å². The highest BCUT2D eigenvalue weighted by molar-refractivity contribution is 6.32. The average molecular weight is 445 g/mol. The molecule has 9 nitrogen and oxygen atoms in total. The third-order valence-electron chi connectivity index (χ3n) is 5.76. The van der Waals surface area contributed by atoms with E-state index in [-0.39, 0.29) is 18.1 Å². The number of aryl methyl sites for hydroxylation is 1. The number of nitrogens with zero attached hydrogens (tertiary/aromatic N) is 1. The van der Waals surface area contributed by atoms with Gasteiger partial charge in [0.2, 0.25) is 11.6 Å². The molecular weight excluding hydrogens is 412 g/mol. The number of hydrogen-bond donors (Lipinski definition) is 3. The van der Waals surface area contributed by atoms with E-state index < -0.39 is 11.9 Å². The minimum Gasteiger partial charge on any atom is -0.413 e. The largest absolute Gasteiger partial charge is 0.413 e. The molecule has 3 rings (SSSR count). The summed E-state index contributed by atoms with van der Waals surface area (Å²) in [5.74, 6) is -2.33. The fourth-order valence-electron chi connectivity index (χ4n) is 4.19. The minimum atomic E-state index is -1.22. The van der Waals surface area contributed by atoms with Crippen LogP contribution < -0.4 is 25.8 Å². The predicted molar refractivity (Wildman–Crippen MR) is 120 cm³/mol. The average Bonchev–Trinajstić information content (AvgIpc) is 3.09. The summed E-state index contributed by atoms with van der Waals surface area (Å²) in [6.07, 6.45) is 8.34. The van der Waals surface area contributed by atoms with Crippen molar-refractivity contribution in [1.82, 2.24) is 15.2 Å². The van der Waals surface area contributed by atoms with Gasteiger partial charge in [-0.05, 0) is 44.4 Å². The summed E-state index contributed by atoms with van der Waals surface area (Å²) >= 11 is 0. The number of benzene rings is 1. The summed E-state index contributed by atoms with van der Waals surface area (Å²) in [5, 5.41) is 7.63. The molecule has 1 aliphatic rings. The van der Waals surface area contributed by atoms with Gasteiger partial charge in [0.1, 0.15) is 0 Å². The number of nitrogens with one attached hydrogen (secondary N) is 2. The SMILES string of the molecule is NC(=O)C(=O)Oc1c(OC=O)n(CCCCNCCNC2CCCCC2)c2ccccc12. The molecule has 1 heterocycles. The van der Waals surface area contributed by atoms with Crippen LogP contribution in [0.5, 0.6) is 11.6 Å². The number of fused-ring (bicyclic) bond motifs is 1. The van der Waals surface area contributed by atoms with Crippen molar-refractivity contribution >= 4 is 29.3 Å². The predicted octanol–water partition coefficient (Wildman–Crippen LogP) is 1.86. The molecule has 2 aromatic rings. The maximum atomic E-state index is 11.7. The van der Waals surface area contributed by atoms with Crippen molar-refractivity contribution in [3.8, 4) is 11.6 Å². The van der Waals surface area contributed by atoms with Crippen LogP contribution in [-0.4, -0.2) is 48.6 Å². The number of ether oxygens (including phenoxy) is 2. The van der Waals surface area contributed by atoms with Gasteiger partial charge in [-0.15, -0.1) is 0 Å². The molecule has 0 unspecified atom stereocenters. The topological polar surface area (TPSA) is 125 Å². The fraction of sp³-hybridized carbons (Fsp3) is 0.522. The molecule has 1 aromatic heterocycles. The van der Waals surface area contributed by atoms with Gasteiger partial charge in [0.05, 0.1) is 5.52 Å². The lowest BCUT2D eigenvalue weighted by Crippen LogP contribution is -2.36. The van der Waals surface area contributed by atoms with Crippen LogP contribution in [0.2, 0.25) is 0 Å². The van der Waals surface area contributed by atoms with Crippen LogP contribution in [0.3, 0.4) is 0 Å². The van der Waals surface area contributed by atoms with Crippen molar-refractivity contribution in [1.29, 1.82) is 0 Å². The molecule has 0 aliphatic heterocycles. The number of unbranched alkanes of at least 4 members (excludes halogenated alkanes) is 1. The fourth-order valence-corrected chi connectivity index (χ4v) is 4.19. The van der Waals surface area contributed by atoms with Gasteiger partial charge < -0.3 is 30.4 Å². The van der Waals surface area contributed by atoms with Gasteiger partial charge in [-0.1, -0.05) is 31.4 Å². The number of primary amides is 1. The Bertz CT molecular complexity index is 920. The number of amides is 1. The van der Waals surface area contributed by atoms with Gasteiger partial charge in [0.15, 0.2) is 0 Å². The molecule has 9 heteroatoms. The van der Waals surface area contributed by atoms with E-state index in [1.54, 1.807) is 16.7 Å². The van der Waals surface area contributed by atoms with Crippen LogP contribution in [0, 0.1) is 0 Å². The zero-order valence-corrected chi connectivity index (χ0v) is 18.3. The summed E-state index contributed by atoms with van der Waals surface area (Å²) in [7, 11) is 0. The first-order valence-electron chi connectivity index (χ1n) is 11.3. The minimum absolute atomic E-state index is 0.0170. The summed E-state index contributed by atoms with van der Waals surface area (Å²) in [6, 6.07) is 7.84. The number of rotatable bonds is 12. The Labute approximate surface area is 187 Å². The first-order chi connectivity index (χ1) is 15.6. The number of hydrogen-bond acceptors (Lipinski definition) is 7. The van der Waals surface area contributed by atoms with Crippen LogP contribution in [0.15, 0.2) is 24.3 Å². The highest BCUT2D eigenvalue weighted by Gasteiger charge is 2.24. The maximum absolute atomic E-state index is 11.7. The Morgan fingerprint density at radius 1 is 1.09 bits per heavy atom. The normalized spacial score (nSPS) is 14.4. The molecule has 0 bridgehead atoms. The molecule has 0 atom stereocenters. The van der Waals surface area contributed by atoms with Crippen LogP contribution in [-0.2, 0) is 20.9 Å². The number of carbonyl (C=O) groups excluding carboxylic acids is 3. The third kappa shape index (κ3) is 6.30. The molecule has 0 saturated heterocycles. The van der Waals surface area contributed by atoms with Crippen molar-refractivity contribution in [2.45, 2.75) is 57.5 Å². The van der Waals surface area contributed by atoms with E-state index in [9.17, 15) is 14.4 Å². The smallest absolute Gasteiger partial charge is 0.402 e. The van der Waals surface area contributed by atoms with E-state index in [2.05, 4.69) is 10.6 Å². The van der Waals surface area contributed by atoms with Gasteiger partial charge in [0.25, 0.3) is 6.47 Å². The maximum Gasteiger partial charge on any atom is 0.402 e. The van der Waals surface area contributed by atoms with Crippen molar-refractivity contribution in [2.75, 3.05) is 19.6 Å². The molecular formula is C23H32N4O5. The molecule has 1 fully saturated rings. The van der Waals surface area contributed by atoms with E-state index in [0.29, 0.717) is 18.0 Å². The van der Waals surface area contributed by atoms with Crippen LogP contribution in [0.4, 0.5) is 0 Å². The Kier molecular flexibility index (Phi) is 9.06. The Morgan fingerprint density at radius 3 is 2.62 bits per heavy atom. The summed E-state index contributed by atoms with van der Waals surface area (Å²) in [4.78, 5) is 34.0. The highest BCUT2D eigenvalue weighted by Crippen LogP contribution is 2.39. The Morgan fingerprint density at radius 2 is 1.88 bits per heavy atom. The lowest BCUT2D eigenvalue weighted by atomic mass is 9.95. The van der Waals surface area contributed by atoms with Crippen molar-refractivity contribution < 1.29 is 23.9 Å². The van der Waals surface area contributed by atoms with E-state index >= 15 is 0 Å². The van der Waals surface area contributed by atoms with Crippen LogP contribution >= 0.6 is 0 Å². The summed E-state index contributed by atoms with van der Waals surface area (Å²) in [5.41, 5.74) is 5.74. The molecule has 1 aromatic carbocycles. The number of nitrogens with two attached hydrogens (primary N) is 1. The second kappa shape index (κ2) is 12.2. The van der Waals surface area contributed by atoms with Gasteiger partial charge in [-0.25, -0.2) is 4.79 Å².